The van der Waals surface area contributed by atoms with Gasteiger partial charge in [0.2, 0.25) is 0 Å². The molecule has 0 fully saturated rings. The van der Waals surface area contributed by atoms with E-state index in [0.717, 1.165) is 25.9 Å². The average Bonchev–Trinajstić information content (AvgIpc) is 2.77. The quantitative estimate of drug-likeness (QED) is 0.139. The van der Waals surface area contributed by atoms with Gasteiger partial charge in [0.1, 0.15) is 0 Å². The number of unbranched alkanes of at least 4 members (excludes halogenated alkanes) is 17. The number of thioether (sulfide) groups is 1. The predicted octanol–water partition coefficient (Wildman–Crippen LogP) is 8.47. The van der Waals surface area contributed by atoms with Gasteiger partial charge in [-0.3, -0.25) is 4.79 Å². The Balaban J connectivity index is 3.36. The van der Waals surface area contributed by atoms with Gasteiger partial charge in [0, 0.05) is 13.0 Å². The molecule has 4 heteroatoms. The third-order valence-electron chi connectivity index (χ3n) is 5.93. The molecule has 0 spiro atoms. The van der Waals surface area contributed by atoms with Crippen LogP contribution < -0.4 is 0 Å². The van der Waals surface area contributed by atoms with Crippen molar-refractivity contribution < 1.29 is 14.6 Å². The van der Waals surface area contributed by atoms with Crippen molar-refractivity contribution in [3.05, 3.63) is 0 Å². The Kier molecular flexibility index (Phi) is 26.1. The highest BCUT2D eigenvalue weighted by Gasteiger charge is 2.14. The molecule has 0 aliphatic heterocycles. The van der Waals surface area contributed by atoms with Gasteiger partial charge in [-0.1, -0.05) is 135 Å². The Hall–Kier alpha value is -0.0600. The molecule has 0 radical (unpaired) electrons. The summed E-state index contributed by atoms with van der Waals surface area (Å²) in [6.07, 6.45) is 25.5. The van der Waals surface area contributed by atoms with Gasteiger partial charge in [0.25, 0.3) is 0 Å². The fourth-order valence-electron chi connectivity index (χ4n) is 3.86. The highest BCUT2D eigenvalue weighted by atomic mass is 32.2. The van der Waals surface area contributed by atoms with Gasteiger partial charge in [0.15, 0.2) is 5.12 Å². The Morgan fingerprint density at radius 1 is 0.677 bits per heavy atom. The van der Waals surface area contributed by atoms with Crippen molar-refractivity contribution in [1.29, 1.82) is 0 Å². The van der Waals surface area contributed by atoms with E-state index in [9.17, 15) is 9.90 Å². The van der Waals surface area contributed by atoms with Gasteiger partial charge in [-0.25, -0.2) is 0 Å². The molecule has 31 heavy (non-hydrogen) atoms. The van der Waals surface area contributed by atoms with Gasteiger partial charge in [-0.2, -0.15) is 0 Å². The van der Waals surface area contributed by atoms with Gasteiger partial charge >= 0.3 is 0 Å². The van der Waals surface area contributed by atoms with E-state index < -0.39 is 0 Å². The van der Waals surface area contributed by atoms with E-state index in [0.29, 0.717) is 13.0 Å². The number of aliphatic hydroxyl groups excluding tert-OH is 1. The van der Waals surface area contributed by atoms with Crippen LogP contribution in [0.25, 0.3) is 0 Å². The third kappa shape index (κ3) is 24.4. The number of ether oxygens (including phenoxy) is 1. The fraction of sp³-hybridized carbons (Fsp3) is 0.963. The SMILES string of the molecule is CCCCCCCCCCCCCCCCOC[C@H](CO)SC(=O)CCCCCCC. The highest BCUT2D eigenvalue weighted by Crippen LogP contribution is 2.18. The van der Waals surface area contributed by atoms with Crippen LogP contribution >= 0.6 is 11.8 Å². The zero-order chi connectivity index (χ0) is 22.8. The summed E-state index contributed by atoms with van der Waals surface area (Å²) in [5.74, 6) is 0. The Morgan fingerprint density at radius 2 is 1.10 bits per heavy atom. The molecule has 0 aromatic carbocycles. The highest BCUT2D eigenvalue weighted by molar-refractivity contribution is 8.14. The van der Waals surface area contributed by atoms with Gasteiger partial charge < -0.3 is 9.84 Å². The van der Waals surface area contributed by atoms with Crippen molar-refractivity contribution in [3.63, 3.8) is 0 Å². The maximum Gasteiger partial charge on any atom is 0.189 e. The molecule has 0 saturated heterocycles. The summed E-state index contributed by atoms with van der Waals surface area (Å²) >= 11 is 1.28. The Labute approximate surface area is 198 Å². The van der Waals surface area contributed by atoms with Crippen molar-refractivity contribution in [1.82, 2.24) is 0 Å². The topological polar surface area (TPSA) is 46.5 Å². The van der Waals surface area contributed by atoms with E-state index in [1.165, 1.54) is 114 Å². The molecule has 0 aromatic heterocycles. The van der Waals surface area contributed by atoms with E-state index in [1.807, 2.05) is 0 Å². The third-order valence-corrected chi connectivity index (χ3v) is 7.02. The molecule has 1 atom stereocenters. The molecule has 0 rings (SSSR count). The lowest BCUT2D eigenvalue weighted by Crippen LogP contribution is -2.19. The second-order valence-corrected chi connectivity index (χ2v) is 10.5. The van der Waals surface area contributed by atoms with Crippen LogP contribution in [0.3, 0.4) is 0 Å². The molecule has 3 nitrogen and oxygen atoms in total. The lowest BCUT2D eigenvalue weighted by atomic mass is 10.0. The summed E-state index contributed by atoms with van der Waals surface area (Å²) in [5, 5.41) is 9.59. The minimum Gasteiger partial charge on any atom is -0.395 e. The lowest BCUT2D eigenvalue weighted by molar-refractivity contribution is -0.111. The monoisotopic (exact) mass is 458 g/mol. The minimum atomic E-state index is -0.102. The fourth-order valence-corrected chi connectivity index (χ4v) is 4.73. The summed E-state index contributed by atoms with van der Waals surface area (Å²) in [6, 6.07) is 0. The average molecular weight is 459 g/mol. The summed E-state index contributed by atoms with van der Waals surface area (Å²) < 4.78 is 5.72. The normalized spacial score (nSPS) is 12.4. The molecule has 1 N–H and O–H groups in total. The van der Waals surface area contributed by atoms with E-state index in [4.69, 9.17) is 4.74 Å². The molecule has 0 heterocycles. The van der Waals surface area contributed by atoms with Crippen molar-refractivity contribution in [2.24, 2.45) is 0 Å². The van der Waals surface area contributed by atoms with Crippen LogP contribution in [0.5, 0.6) is 0 Å². The second kappa shape index (κ2) is 26.2. The molecule has 0 bridgehead atoms. The number of hydrogen-bond acceptors (Lipinski definition) is 4. The van der Waals surface area contributed by atoms with Crippen molar-refractivity contribution >= 4 is 16.9 Å². The largest absolute Gasteiger partial charge is 0.395 e. The Morgan fingerprint density at radius 3 is 1.55 bits per heavy atom. The van der Waals surface area contributed by atoms with Crippen molar-refractivity contribution in [2.75, 3.05) is 19.8 Å². The molecule has 0 aromatic rings. The van der Waals surface area contributed by atoms with Crippen LogP contribution in [0.1, 0.15) is 142 Å². The summed E-state index contributed by atoms with van der Waals surface area (Å²) in [4.78, 5) is 12.0. The van der Waals surface area contributed by atoms with Crippen molar-refractivity contribution in [3.8, 4) is 0 Å². The second-order valence-electron chi connectivity index (χ2n) is 9.13. The smallest absolute Gasteiger partial charge is 0.189 e. The van der Waals surface area contributed by atoms with E-state index >= 15 is 0 Å². The molecular formula is C27H54O3S. The van der Waals surface area contributed by atoms with Crippen LogP contribution in [0.2, 0.25) is 0 Å². The molecule has 0 saturated carbocycles. The maximum absolute atomic E-state index is 12.0. The van der Waals surface area contributed by atoms with E-state index in [-0.39, 0.29) is 17.0 Å². The number of rotatable bonds is 25. The standard InChI is InChI=1S/C27H54O3S/c1-3-5-7-9-10-11-12-13-14-15-16-17-19-21-23-30-25-26(24-28)31-27(29)22-20-18-8-6-4-2/h26,28H,3-25H2,1-2H3/t26-/m0/s1. The van der Waals surface area contributed by atoms with Gasteiger partial charge in [-0.15, -0.1) is 0 Å². The molecule has 186 valence electrons. The van der Waals surface area contributed by atoms with Gasteiger partial charge in [0.05, 0.1) is 18.5 Å². The summed E-state index contributed by atoms with van der Waals surface area (Å²) in [5.41, 5.74) is 0. The van der Waals surface area contributed by atoms with Crippen LogP contribution in [0.15, 0.2) is 0 Å². The predicted molar refractivity (Wildman–Crippen MR) is 138 cm³/mol. The van der Waals surface area contributed by atoms with Crippen LogP contribution in [-0.4, -0.2) is 35.3 Å². The van der Waals surface area contributed by atoms with Gasteiger partial charge in [-0.05, 0) is 12.8 Å². The Bertz CT molecular complexity index is 362. The first kappa shape index (κ1) is 30.9. The summed E-state index contributed by atoms with van der Waals surface area (Å²) in [6.45, 7) is 5.73. The first-order chi connectivity index (χ1) is 15.2. The van der Waals surface area contributed by atoms with Crippen molar-refractivity contribution in [2.45, 2.75) is 148 Å². The molecular weight excluding hydrogens is 404 g/mol. The maximum atomic E-state index is 12.0. The number of aliphatic hydroxyl groups is 1. The molecule has 0 amide bonds. The number of carbonyl (C=O) groups is 1. The zero-order valence-electron chi connectivity index (χ0n) is 21.0. The first-order valence-corrected chi connectivity index (χ1v) is 14.5. The first-order valence-electron chi connectivity index (χ1n) is 13.6. The van der Waals surface area contributed by atoms with E-state index in [1.54, 1.807) is 0 Å². The van der Waals surface area contributed by atoms with E-state index in [2.05, 4.69) is 13.8 Å². The minimum absolute atomic E-state index is 0.0188. The van der Waals surface area contributed by atoms with Crippen LogP contribution in [-0.2, 0) is 9.53 Å². The number of carbonyl (C=O) groups excluding carboxylic acids is 1. The molecule has 0 aliphatic rings. The molecule has 0 unspecified atom stereocenters. The summed E-state index contributed by atoms with van der Waals surface area (Å²) in [7, 11) is 0. The van der Waals surface area contributed by atoms with Crippen LogP contribution in [0.4, 0.5) is 0 Å². The number of hydrogen-bond donors (Lipinski definition) is 1. The molecule has 0 aliphatic carbocycles. The zero-order valence-corrected chi connectivity index (χ0v) is 21.8. The van der Waals surface area contributed by atoms with Crippen LogP contribution in [0, 0.1) is 0 Å². The lowest BCUT2D eigenvalue weighted by Gasteiger charge is -2.13.